The molecule has 1 fully saturated rings. The molecule has 0 aromatic heterocycles. The number of hydrogen-bond acceptors (Lipinski definition) is 5. The Morgan fingerprint density at radius 1 is 1.17 bits per heavy atom. The van der Waals surface area contributed by atoms with E-state index in [-0.39, 0.29) is 0 Å². The number of nitrogens with zero attached hydrogens (tertiary/aromatic N) is 2. The third kappa shape index (κ3) is 3.92. The van der Waals surface area contributed by atoms with E-state index in [1.807, 2.05) is 68.4 Å². The minimum atomic E-state index is -0.839. The van der Waals surface area contributed by atoms with Crippen LogP contribution in [-0.4, -0.2) is 40.4 Å². The smallest absolute Gasteiger partial charge is 0.417 e. The van der Waals surface area contributed by atoms with Crippen molar-refractivity contribution < 1.29 is 19.2 Å². The molecule has 0 aliphatic carbocycles. The fourth-order valence-electron chi connectivity index (χ4n) is 3.68. The number of cyclic esters (lactones) is 1. The van der Waals surface area contributed by atoms with E-state index < -0.39 is 29.7 Å². The second-order valence-corrected chi connectivity index (χ2v) is 8.64. The quantitative estimate of drug-likeness (QED) is 0.687. The molecule has 2 aromatic carbocycles. The number of rotatable bonds is 4. The highest BCUT2D eigenvalue weighted by molar-refractivity contribution is 9.10. The summed E-state index contributed by atoms with van der Waals surface area (Å²) < 4.78 is 6.48. The standard InChI is InChI=1S/C22H21BrN2O4/c1-22(2)19(12-14-6-4-3-5-7-14)25(21(27)28-22)20(26)18-13-17(24-29-18)15-8-10-16(23)11-9-15/h3-11,18-19H,12-13H2,1-2H3/t18-,19-/m0/s1. The van der Waals surface area contributed by atoms with Gasteiger partial charge < -0.3 is 9.57 Å². The summed E-state index contributed by atoms with van der Waals surface area (Å²) in [6.45, 7) is 3.65. The Labute approximate surface area is 177 Å². The molecule has 0 spiro atoms. The average Bonchev–Trinajstić information content (AvgIpc) is 3.26. The second kappa shape index (κ2) is 7.63. The summed E-state index contributed by atoms with van der Waals surface area (Å²) in [7, 11) is 0. The van der Waals surface area contributed by atoms with Crippen molar-refractivity contribution in [2.45, 2.75) is 44.4 Å². The molecule has 1 saturated heterocycles. The maximum absolute atomic E-state index is 13.2. The van der Waals surface area contributed by atoms with Gasteiger partial charge in [-0.3, -0.25) is 4.79 Å². The first-order valence-electron chi connectivity index (χ1n) is 9.44. The van der Waals surface area contributed by atoms with Crippen molar-refractivity contribution in [1.29, 1.82) is 0 Å². The molecule has 0 saturated carbocycles. The zero-order chi connectivity index (χ0) is 20.6. The van der Waals surface area contributed by atoms with E-state index in [1.54, 1.807) is 0 Å². The Kier molecular flexibility index (Phi) is 5.17. The number of carbonyl (C=O) groups is 2. The van der Waals surface area contributed by atoms with Gasteiger partial charge in [-0.15, -0.1) is 0 Å². The van der Waals surface area contributed by atoms with E-state index in [0.29, 0.717) is 18.6 Å². The van der Waals surface area contributed by atoms with E-state index >= 15 is 0 Å². The van der Waals surface area contributed by atoms with Crippen molar-refractivity contribution in [2.24, 2.45) is 5.16 Å². The molecule has 0 unspecified atom stereocenters. The number of carbonyl (C=O) groups excluding carboxylic acids is 2. The van der Waals surface area contributed by atoms with Crippen molar-refractivity contribution in [1.82, 2.24) is 4.90 Å². The first kappa shape index (κ1) is 19.6. The predicted octanol–water partition coefficient (Wildman–Crippen LogP) is 4.31. The van der Waals surface area contributed by atoms with Crippen LogP contribution in [0.4, 0.5) is 4.79 Å². The van der Waals surface area contributed by atoms with Crippen LogP contribution in [0.3, 0.4) is 0 Å². The largest absolute Gasteiger partial charge is 0.441 e. The molecule has 150 valence electrons. The molecule has 4 rings (SSSR count). The highest BCUT2D eigenvalue weighted by Gasteiger charge is 2.52. The summed E-state index contributed by atoms with van der Waals surface area (Å²) in [6.07, 6.45) is -0.656. The van der Waals surface area contributed by atoms with Gasteiger partial charge in [-0.1, -0.05) is 63.6 Å². The van der Waals surface area contributed by atoms with Gasteiger partial charge in [0, 0.05) is 10.9 Å². The Balaban J connectivity index is 1.52. The molecule has 0 radical (unpaired) electrons. The lowest BCUT2D eigenvalue weighted by atomic mass is 9.91. The molecule has 6 nitrogen and oxygen atoms in total. The van der Waals surface area contributed by atoms with E-state index in [4.69, 9.17) is 9.57 Å². The average molecular weight is 457 g/mol. The first-order valence-corrected chi connectivity index (χ1v) is 10.2. The normalized spacial score (nSPS) is 22.8. The summed E-state index contributed by atoms with van der Waals surface area (Å²) in [5, 5.41) is 4.08. The lowest BCUT2D eigenvalue weighted by molar-refractivity contribution is -0.140. The van der Waals surface area contributed by atoms with Crippen LogP contribution in [0, 0.1) is 0 Å². The number of ether oxygens (including phenoxy) is 1. The Morgan fingerprint density at radius 3 is 2.55 bits per heavy atom. The fraction of sp³-hybridized carbons (Fsp3) is 0.318. The zero-order valence-electron chi connectivity index (χ0n) is 16.2. The maximum atomic E-state index is 13.2. The van der Waals surface area contributed by atoms with E-state index in [1.165, 1.54) is 4.90 Å². The Hall–Kier alpha value is -2.67. The van der Waals surface area contributed by atoms with Gasteiger partial charge in [0.2, 0.25) is 6.10 Å². The molecule has 29 heavy (non-hydrogen) atoms. The molecular formula is C22H21BrN2O4. The van der Waals surface area contributed by atoms with Gasteiger partial charge in [0.1, 0.15) is 5.60 Å². The molecule has 2 aromatic rings. The highest BCUT2D eigenvalue weighted by atomic mass is 79.9. The lowest BCUT2D eigenvalue weighted by Crippen LogP contribution is -2.49. The van der Waals surface area contributed by atoms with Crippen LogP contribution < -0.4 is 0 Å². The van der Waals surface area contributed by atoms with Crippen LogP contribution in [0.1, 0.15) is 31.4 Å². The molecule has 7 heteroatoms. The minimum Gasteiger partial charge on any atom is -0.441 e. The predicted molar refractivity (Wildman–Crippen MR) is 112 cm³/mol. The van der Waals surface area contributed by atoms with Crippen LogP contribution >= 0.6 is 15.9 Å². The maximum Gasteiger partial charge on any atom is 0.417 e. The van der Waals surface area contributed by atoms with Gasteiger partial charge in [0.05, 0.1) is 11.8 Å². The molecule has 2 heterocycles. The lowest BCUT2D eigenvalue weighted by Gasteiger charge is -2.28. The third-order valence-corrected chi connectivity index (χ3v) is 5.82. The molecular weight excluding hydrogens is 436 g/mol. The molecule has 2 amide bonds. The number of benzene rings is 2. The monoisotopic (exact) mass is 456 g/mol. The number of hydrogen-bond donors (Lipinski definition) is 0. The van der Waals surface area contributed by atoms with Crippen LogP contribution in [0.15, 0.2) is 64.2 Å². The molecule has 2 aliphatic rings. The van der Waals surface area contributed by atoms with Crippen molar-refractivity contribution in [3.05, 3.63) is 70.2 Å². The van der Waals surface area contributed by atoms with E-state index in [9.17, 15) is 9.59 Å². The SMILES string of the molecule is CC1(C)OC(=O)N(C(=O)[C@@H]2CC(c3ccc(Br)cc3)=NO2)[C@H]1Cc1ccccc1. The first-order chi connectivity index (χ1) is 13.8. The summed E-state index contributed by atoms with van der Waals surface area (Å²) in [5.41, 5.74) is 1.80. The van der Waals surface area contributed by atoms with Crippen molar-refractivity contribution in [2.75, 3.05) is 0 Å². The zero-order valence-corrected chi connectivity index (χ0v) is 17.8. The number of halogens is 1. The van der Waals surface area contributed by atoms with Crippen molar-refractivity contribution in [3.63, 3.8) is 0 Å². The van der Waals surface area contributed by atoms with Crippen LogP contribution in [-0.2, 0) is 20.8 Å². The topological polar surface area (TPSA) is 68.2 Å². The second-order valence-electron chi connectivity index (χ2n) is 7.73. The molecule has 2 atom stereocenters. The number of imide groups is 1. The Bertz CT molecular complexity index is 957. The fourth-order valence-corrected chi connectivity index (χ4v) is 3.94. The van der Waals surface area contributed by atoms with Crippen LogP contribution in [0.25, 0.3) is 0 Å². The number of amides is 2. The molecule has 0 N–H and O–H groups in total. The van der Waals surface area contributed by atoms with E-state index in [0.717, 1.165) is 15.6 Å². The van der Waals surface area contributed by atoms with Gasteiger partial charge in [-0.25, -0.2) is 9.69 Å². The highest BCUT2D eigenvalue weighted by Crippen LogP contribution is 2.33. The van der Waals surface area contributed by atoms with E-state index in [2.05, 4.69) is 21.1 Å². The summed E-state index contributed by atoms with van der Waals surface area (Å²) in [4.78, 5) is 32.4. The third-order valence-electron chi connectivity index (χ3n) is 5.29. The van der Waals surface area contributed by atoms with Gasteiger partial charge in [0.15, 0.2) is 0 Å². The van der Waals surface area contributed by atoms with Crippen LogP contribution in [0.5, 0.6) is 0 Å². The van der Waals surface area contributed by atoms with Crippen molar-refractivity contribution in [3.8, 4) is 0 Å². The van der Waals surface area contributed by atoms with Gasteiger partial charge in [-0.2, -0.15) is 0 Å². The summed E-state index contributed by atoms with van der Waals surface area (Å²) >= 11 is 3.40. The summed E-state index contributed by atoms with van der Waals surface area (Å²) in [5.74, 6) is -0.419. The van der Waals surface area contributed by atoms with Gasteiger partial charge >= 0.3 is 6.09 Å². The molecule has 2 aliphatic heterocycles. The van der Waals surface area contributed by atoms with Crippen LogP contribution in [0.2, 0.25) is 0 Å². The minimum absolute atomic E-state index is 0.308. The van der Waals surface area contributed by atoms with Crippen molar-refractivity contribution >= 4 is 33.6 Å². The van der Waals surface area contributed by atoms with Gasteiger partial charge in [-0.05, 0) is 43.5 Å². The van der Waals surface area contributed by atoms with Gasteiger partial charge in [0.25, 0.3) is 5.91 Å². The molecule has 0 bridgehead atoms. The summed E-state index contributed by atoms with van der Waals surface area (Å²) in [6, 6.07) is 17.0. The number of oxime groups is 1. The Morgan fingerprint density at radius 2 is 1.86 bits per heavy atom.